The zero-order valence-corrected chi connectivity index (χ0v) is 36.8. The second-order valence-electron chi connectivity index (χ2n) is 15.0. The molecule has 0 saturated carbocycles. The molecule has 0 saturated heterocycles. The maximum atomic E-state index is 7.23. The van der Waals surface area contributed by atoms with Crippen LogP contribution in [0.1, 0.15) is 9.68 Å². The van der Waals surface area contributed by atoms with Gasteiger partial charge in [0.1, 0.15) is 11.2 Å². The van der Waals surface area contributed by atoms with Crippen LogP contribution in [0.3, 0.4) is 0 Å². The number of hydrogen-bond donors (Lipinski definition) is 0. The fourth-order valence-electron chi connectivity index (χ4n) is 8.24. The number of nitrogens with zero attached hydrogens (tertiary/aromatic N) is 3. The van der Waals surface area contributed by atoms with E-state index >= 15 is 0 Å². The van der Waals surface area contributed by atoms with Gasteiger partial charge in [0.2, 0.25) is 0 Å². The van der Waals surface area contributed by atoms with Crippen LogP contribution < -0.4 is 0 Å². The fourth-order valence-corrected chi connectivity index (χ4v) is 9.06. The maximum Gasteiger partial charge on any atom is 0.135 e. The summed E-state index contributed by atoms with van der Waals surface area (Å²) in [6.45, 7) is -2.09. The number of rotatable bonds is 6. The summed E-state index contributed by atoms with van der Waals surface area (Å²) in [4.78, 5) is 9.47. The Morgan fingerprint density at radius 3 is 2.00 bits per heavy atom. The van der Waals surface area contributed by atoms with Crippen molar-refractivity contribution in [1.82, 2.24) is 14.5 Å². The van der Waals surface area contributed by atoms with E-state index < -0.39 is 6.85 Å². The van der Waals surface area contributed by atoms with E-state index in [9.17, 15) is 0 Å². The second-order valence-corrected chi connectivity index (χ2v) is 15.8. The monoisotopic (exact) mass is 1010 g/mol. The van der Waals surface area contributed by atoms with Crippen LogP contribution in [0.4, 0.5) is 0 Å². The number of furan rings is 1. The third kappa shape index (κ3) is 7.59. The van der Waals surface area contributed by atoms with Crippen molar-refractivity contribution in [2.75, 3.05) is 0 Å². The van der Waals surface area contributed by atoms with Gasteiger partial charge in [0, 0.05) is 52.3 Å². The Balaban J connectivity index is 0.000000256. The van der Waals surface area contributed by atoms with E-state index in [0.29, 0.717) is 0 Å². The molecule has 0 atom stereocenters. The van der Waals surface area contributed by atoms with E-state index in [1.54, 1.807) is 29.5 Å². The first-order valence-electron chi connectivity index (χ1n) is 21.9. The van der Waals surface area contributed by atoms with Gasteiger partial charge in [-0.15, -0.1) is 41.3 Å². The molecule has 6 heteroatoms. The molecule has 12 aromatic rings. The van der Waals surface area contributed by atoms with Crippen LogP contribution in [-0.2, 0) is 20.1 Å². The predicted molar refractivity (Wildman–Crippen MR) is 258 cm³/mol. The van der Waals surface area contributed by atoms with Crippen molar-refractivity contribution in [3.05, 3.63) is 223 Å². The van der Waals surface area contributed by atoms with Crippen molar-refractivity contribution >= 4 is 54.4 Å². The summed E-state index contributed by atoms with van der Waals surface area (Å²) in [6, 6.07) is 71.5. The van der Waals surface area contributed by atoms with Crippen LogP contribution in [0.2, 0.25) is 0 Å². The molecule has 0 unspecified atom stereocenters. The molecule has 8 aromatic carbocycles. The molecule has 4 aromatic heterocycles. The topological polar surface area (TPSA) is 43.9 Å². The van der Waals surface area contributed by atoms with Gasteiger partial charge in [-0.1, -0.05) is 161 Å². The van der Waals surface area contributed by atoms with Crippen molar-refractivity contribution in [1.29, 1.82) is 0 Å². The zero-order chi connectivity index (χ0) is 43.9. The Hall–Kier alpha value is -7.21. The van der Waals surface area contributed by atoms with Crippen molar-refractivity contribution < 1.29 is 28.6 Å². The standard InChI is InChI=1S/C45H27N2OS.C12H10N.Ir/c1-3-12-29(13-4-1)33-17-11-18-34(30-14-5-2-6-15-30)44(33)47-40-20-9-8-19-39(40)46-45(47)38-28-49-43-25-23-32(27-37(38)43)31-22-24-42-36(26-31)35-16-7-10-21-41(35)48-42;1-10-7-8-12(13-9-10)11-5-3-2-4-6-11;/h1-27H;2-5,7-9H,1H3;/q2*-1;/i;1D3;. The molecule has 0 aliphatic carbocycles. The third-order valence-corrected chi connectivity index (χ3v) is 12.1. The largest absolute Gasteiger partial charge is 0.456 e. The first kappa shape index (κ1) is 36.4. The molecule has 4 nitrogen and oxygen atoms in total. The summed E-state index contributed by atoms with van der Waals surface area (Å²) in [5.74, 6) is 0.876. The summed E-state index contributed by atoms with van der Waals surface area (Å²) < 4.78 is 31.4. The Morgan fingerprint density at radius 2 is 1.27 bits per heavy atom. The van der Waals surface area contributed by atoms with Gasteiger partial charge in [-0.3, -0.25) is 16.3 Å². The molecule has 0 fully saturated rings. The molecular weight excluding hydrogens is 967 g/mol. The molecule has 1 radical (unpaired) electrons. The quantitative estimate of drug-likeness (QED) is 0.156. The van der Waals surface area contributed by atoms with Crippen molar-refractivity contribution in [3.63, 3.8) is 0 Å². The summed E-state index contributed by atoms with van der Waals surface area (Å²) in [5.41, 5.74) is 14.6. The smallest absolute Gasteiger partial charge is 0.135 e. The summed E-state index contributed by atoms with van der Waals surface area (Å²) >= 11 is 1.64. The van der Waals surface area contributed by atoms with E-state index in [1.165, 1.54) is 10.9 Å². The second kappa shape index (κ2) is 17.3. The molecule has 303 valence electrons. The van der Waals surface area contributed by atoms with Gasteiger partial charge in [-0.05, 0) is 70.7 Å². The average Bonchev–Trinajstić information content (AvgIpc) is 4.07. The van der Waals surface area contributed by atoms with Gasteiger partial charge < -0.3 is 14.0 Å². The maximum absolute atomic E-state index is 7.23. The van der Waals surface area contributed by atoms with Gasteiger partial charge >= 0.3 is 0 Å². The Bertz CT molecular complexity index is 3580. The van der Waals surface area contributed by atoms with Gasteiger partial charge in [-0.2, -0.15) is 0 Å². The van der Waals surface area contributed by atoms with Gasteiger partial charge in [0.05, 0.1) is 22.5 Å². The zero-order valence-electron chi connectivity index (χ0n) is 36.6. The number of pyridine rings is 1. The number of aromatic nitrogens is 3. The van der Waals surface area contributed by atoms with Crippen LogP contribution in [-0.4, -0.2) is 14.5 Å². The molecular formula is C57H37IrN3OS-2. The number of aryl methyl sites for hydroxylation is 1. The van der Waals surface area contributed by atoms with E-state index in [2.05, 4.69) is 173 Å². The number of fused-ring (bicyclic) bond motifs is 5. The van der Waals surface area contributed by atoms with Crippen LogP contribution in [0.5, 0.6) is 0 Å². The Kier molecular flexibility index (Phi) is 9.99. The molecule has 0 bridgehead atoms. The molecule has 0 aliphatic rings. The fraction of sp³-hybridized carbons (Fsp3) is 0.0175. The van der Waals surface area contributed by atoms with E-state index in [4.69, 9.17) is 13.5 Å². The van der Waals surface area contributed by atoms with E-state index in [0.717, 1.165) is 100 Å². The summed E-state index contributed by atoms with van der Waals surface area (Å²) in [7, 11) is 0. The normalized spacial score (nSPS) is 12.0. The first-order chi connectivity index (χ1) is 31.9. The Labute approximate surface area is 387 Å². The van der Waals surface area contributed by atoms with Gasteiger partial charge in [0.15, 0.2) is 0 Å². The van der Waals surface area contributed by atoms with Crippen molar-refractivity contribution in [2.45, 2.75) is 6.85 Å². The molecule has 63 heavy (non-hydrogen) atoms. The minimum atomic E-state index is -2.09. The Morgan fingerprint density at radius 1 is 0.587 bits per heavy atom. The SMILES string of the molecule is [2H]C([2H])([2H])c1ccc(-c2[c-]cccc2)nc1.[Ir].[c-]1sc2ccc(-c3ccc4oc5ccccc5c4c3)cc2c1-c1nc2ccccc2n1-c1c(-c2ccccc2)cccc1-c1ccccc1. The molecule has 4 heterocycles. The molecule has 0 spiro atoms. The summed E-state index contributed by atoms with van der Waals surface area (Å²) in [6.07, 6.45) is 1.39. The third-order valence-electron chi connectivity index (χ3n) is 11.2. The first-order valence-corrected chi connectivity index (χ1v) is 21.2. The minimum Gasteiger partial charge on any atom is -0.456 e. The molecule has 0 aliphatic heterocycles. The number of imidazole rings is 1. The van der Waals surface area contributed by atoms with Crippen LogP contribution >= 0.6 is 11.3 Å². The molecule has 0 amide bonds. The van der Waals surface area contributed by atoms with E-state index in [1.807, 2.05) is 30.3 Å². The molecule has 0 N–H and O–H groups in total. The number of para-hydroxylation sites is 4. The van der Waals surface area contributed by atoms with Crippen LogP contribution in [0.15, 0.2) is 211 Å². The van der Waals surface area contributed by atoms with Crippen LogP contribution in [0.25, 0.3) is 105 Å². The van der Waals surface area contributed by atoms with Crippen LogP contribution in [0, 0.1) is 18.3 Å². The number of hydrogen-bond acceptors (Lipinski definition) is 4. The average molecular weight is 1010 g/mol. The van der Waals surface area contributed by atoms with Gasteiger partial charge in [-0.25, -0.2) is 0 Å². The summed E-state index contributed by atoms with van der Waals surface area (Å²) in [5, 5.41) is 7.08. The number of benzene rings is 8. The van der Waals surface area contributed by atoms with E-state index in [-0.39, 0.29) is 25.7 Å². The van der Waals surface area contributed by atoms with Gasteiger partial charge in [0.25, 0.3) is 0 Å². The number of thiophene rings is 1. The predicted octanol–water partition coefficient (Wildman–Crippen LogP) is 15.5. The van der Waals surface area contributed by atoms with Crippen molar-refractivity contribution in [3.8, 4) is 61.7 Å². The minimum absolute atomic E-state index is 0. The molecule has 12 rings (SSSR count). The van der Waals surface area contributed by atoms with Crippen molar-refractivity contribution in [2.24, 2.45) is 0 Å².